The molecule has 1 aromatic carbocycles. The van der Waals surface area contributed by atoms with Gasteiger partial charge in [0, 0.05) is 6.20 Å². The van der Waals surface area contributed by atoms with Gasteiger partial charge >= 0.3 is 0 Å². The largest absolute Gasteiger partial charge is 0.293 e. The fourth-order valence-corrected chi connectivity index (χ4v) is 2.58. The second kappa shape index (κ2) is 7.48. The molecule has 0 spiro atoms. The van der Waals surface area contributed by atoms with E-state index in [0.29, 0.717) is 24.1 Å². The number of carbonyl (C=O) groups is 1. The first-order valence-corrected chi connectivity index (χ1v) is 8.32. The van der Waals surface area contributed by atoms with Crippen molar-refractivity contribution in [2.24, 2.45) is 5.92 Å². The van der Waals surface area contributed by atoms with Crippen molar-refractivity contribution in [2.75, 3.05) is 5.32 Å². The topological polar surface area (TPSA) is 77.6 Å². The summed E-state index contributed by atoms with van der Waals surface area (Å²) in [5, 5.41) is 11.7. The van der Waals surface area contributed by atoms with Gasteiger partial charge in [-0.1, -0.05) is 42.8 Å². The Morgan fingerprint density at radius 1 is 1.32 bits per heavy atom. The number of carbonyl (C=O) groups excluding carboxylic acids is 1. The molecule has 0 saturated heterocycles. The van der Waals surface area contributed by atoms with E-state index in [0.717, 1.165) is 5.56 Å². The first kappa shape index (κ1) is 17.2. The van der Waals surface area contributed by atoms with E-state index in [1.807, 2.05) is 25.1 Å². The lowest BCUT2D eigenvalue weighted by atomic mass is 10.1. The number of nitrogens with zero attached hydrogens (tertiary/aromatic N) is 5. The average Bonchev–Trinajstić information content (AvgIpc) is 3.18. The predicted octanol–water partition coefficient (Wildman–Crippen LogP) is 2.76. The van der Waals surface area contributed by atoms with Crippen LogP contribution in [-0.2, 0) is 17.9 Å². The van der Waals surface area contributed by atoms with Gasteiger partial charge in [0.2, 0.25) is 11.9 Å². The number of hydrogen-bond acceptors (Lipinski definition) is 4. The predicted molar refractivity (Wildman–Crippen MR) is 95.3 cm³/mol. The van der Waals surface area contributed by atoms with E-state index in [-0.39, 0.29) is 11.8 Å². The summed E-state index contributed by atoms with van der Waals surface area (Å²) in [6, 6.07) is 8.09. The molecule has 1 unspecified atom stereocenters. The molecule has 8 heteroatoms. The van der Waals surface area contributed by atoms with Crippen molar-refractivity contribution in [2.45, 2.75) is 26.9 Å². The zero-order valence-electron chi connectivity index (χ0n) is 14.1. The summed E-state index contributed by atoms with van der Waals surface area (Å²) in [6.07, 6.45) is 4.83. The van der Waals surface area contributed by atoms with Crippen LogP contribution in [0.5, 0.6) is 0 Å². The number of rotatable bonds is 6. The summed E-state index contributed by atoms with van der Waals surface area (Å²) < 4.78 is 3.34. The van der Waals surface area contributed by atoms with Gasteiger partial charge < -0.3 is 0 Å². The molecule has 2 heterocycles. The van der Waals surface area contributed by atoms with E-state index >= 15 is 0 Å². The highest BCUT2D eigenvalue weighted by molar-refractivity contribution is 6.30. The van der Waals surface area contributed by atoms with Gasteiger partial charge in [0.15, 0.2) is 0 Å². The minimum atomic E-state index is -0.292. The molecule has 1 atom stereocenters. The Balaban J connectivity index is 1.59. The zero-order valence-corrected chi connectivity index (χ0v) is 14.8. The summed E-state index contributed by atoms with van der Waals surface area (Å²) in [5.41, 5.74) is 2.35. The standard InChI is InChI=1S/C17H19ClN6O/c1-12-5-3-4-6-14(12)9-24-11-19-17(22-24)21-16(25)13(2)8-23-10-15(18)7-20-23/h3-7,10-11,13H,8-9H2,1-2H3,(H,21,22,25). The molecule has 25 heavy (non-hydrogen) atoms. The average molecular weight is 359 g/mol. The normalized spacial score (nSPS) is 12.1. The first-order valence-electron chi connectivity index (χ1n) is 7.94. The van der Waals surface area contributed by atoms with Crippen molar-refractivity contribution < 1.29 is 4.79 Å². The van der Waals surface area contributed by atoms with Crippen LogP contribution in [0.1, 0.15) is 18.1 Å². The zero-order chi connectivity index (χ0) is 17.8. The lowest BCUT2D eigenvalue weighted by Crippen LogP contribution is -2.25. The molecular weight excluding hydrogens is 340 g/mol. The number of halogens is 1. The molecule has 1 amide bonds. The van der Waals surface area contributed by atoms with Crippen LogP contribution in [0.2, 0.25) is 5.02 Å². The van der Waals surface area contributed by atoms with Crippen molar-refractivity contribution in [3.8, 4) is 0 Å². The molecule has 0 bridgehead atoms. The highest BCUT2D eigenvalue weighted by Crippen LogP contribution is 2.11. The third-order valence-corrected chi connectivity index (χ3v) is 4.07. The van der Waals surface area contributed by atoms with Gasteiger partial charge in [-0.15, -0.1) is 5.10 Å². The van der Waals surface area contributed by atoms with Gasteiger partial charge in [0.05, 0.1) is 30.2 Å². The van der Waals surface area contributed by atoms with Crippen LogP contribution in [0.25, 0.3) is 0 Å². The Kier molecular flexibility index (Phi) is 5.14. The van der Waals surface area contributed by atoms with Gasteiger partial charge in [0.1, 0.15) is 6.33 Å². The van der Waals surface area contributed by atoms with Crippen molar-refractivity contribution in [3.63, 3.8) is 0 Å². The quantitative estimate of drug-likeness (QED) is 0.735. The van der Waals surface area contributed by atoms with Crippen molar-refractivity contribution in [3.05, 3.63) is 59.1 Å². The molecule has 0 radical (unpaired) electrons. The van der Waals surface area contributed by atoms with E-state index in [1.54, 1.807) is 28.1 Å². The van der Waals surface area contributed by atoms with Gasteiger partial charge in [-0.05, 0) is 18.1 Å². The Bertz CT molecular complexity index is 871. The highest BCUT2D eigenvalue weighted by atomic mass is 35.5. The molecule has 130 valence electrons. The number of hydrogen-bond donors (Lipinski definition) is 1. The van der Waals surface area contributed by atoms with Crippen molar-refractivity contribution >= 4 is 23.5 Å². The van der Waals surface area contributed by atoms with Gasteiger partial charge in [-0.2, -0.15) is 5.10 Å². The summed E-state index contributed by atoms with van der Waals surface area (Å²) in [4.78, 5) is 16.4. The molecule has 2 aromatic heterocycles. The van der Waals surface area contributed by atoms with Crippen molar-refractivity contribution in [1.82, 2.24) is 24.5 Å². The smallest absolute Gasteiger partial charge is 0.248 e. The lowest BCUT2D eigenvalue weighted by Gasteiger charge is -2.10. The van der Waals surface area contributed by atoms with Crippen LogP contribution >= 0.6 is 11.6 Å². The molecule has 7 nitrogen and oxygen atoms in total. The lowest BCUT2D eigenvalue weighted by molar-refractivity contribution is -0.119. The van der Waals surface area contributed by atoms with Gasteiger partial charge in [-0.3, -0.25) is 14.8 Å². The molecule has 1 N–H and O–H groups in total. The summed E-state index contributed by atoms with van der Waals surface area (Å²) >= 11 is 5.83. The van der Waals surface area contributed by atoms with Crippen molar-refractivity contribution in [1.29, 1.82) is 0 Å². The Labute approximate surface area is 150 Å². The van der Waals surface area contributed by atoms with Crippen LogP contribution in [0.15, 0.2) is 43.0 Å². The molecule has 0 saturated carbocycles. The molecule has 0 aliphatic carbocycles. The second-order valence-electron chi connectivity index (χ2n) is 5.96. The highest BCUT2D eigenvalue weighted by Gasteiger charge is 2.16. The third kappa shape index (κ3) is 4.45. The minimum Gasteiger partial charge on any atom is -0.293 e. The number of amides is 1. The Morgan fingerprint density at radius 3 is 2.84 bits per heavy atom. The molecule has 0 fully saturated rings. The number of aromatic nitrogens is 5. The Hall–Kier alpha value is -2.67. The van der Waals surface area contributed by atoms with E-state index in [1.165, 1.54) is 5.56 Å². The van der Waals surface area contributed by atoms with Crippen LogP contribution in [0.4, 0.5) is 5.95 Å². The van der Waals surface area contributed by atoms with E-state index < -0.39 is 0 Å². The number of anilines is 1. The van der Waals surface area contributed by atoms with E-state index in [2.05, 4.69) is 33.5 Å². The molecule has 0 aliphatic heterocycles. The second-order valence-corrected chi connectivity index (χ2v) is 6.40. The Morgan fingerprint density at radius 2 is 2.12 bits per heavy atom. The summed E-state index contributed by atoms with van der Waals surface area (Å²) in [6.45, 7) is 4.91. The number of nitrogens with one attached hydrogen (secondary N) is 1. The fraction of sp³-hybridized carbons (Fsp3) is 0.294. The van der Waals surface area contributed by atoms with Gasteiger partial charge in [0.25, 0.3) is 0 Å². The van der Waals surface area contributed by atoms with Crippen LogP contribution in [-0.4, -0.2) is 30.5 Å². The van der Waals surface area contributed by atoms with E-state index in [4.69, 9.17) is 11.6 Å². The maximum absolute atomic E-state index is 12.3. The summed E-state index contributed by atoms with van der Waals surface area (Å²) in [7, 11) is 0. The number of aryl methyl sites for hydroxylation is 1. The maximum Gasteiger partial charge on any atom is 0.248 e. The SMILES string of the molecule is Cc1ccccc1Cn1cnc(NC(=O)C(C)Cn2cc(Cl)cn2)n1. The van der Waals surface area contributed by atoms with Crippen LogP contribution < -0.4 is 5.32 Å². The first-order chi connectivity index (χ1) is 12.0. The fourth-order valence-electron chi connectivity index (χ4n) is 2.43. The maximum atomic E-state index is 12.3. The molecule has 0 aliphatic rings. The third-order valence-electron chi connectivity index (χ3n) is 3.88. The monoisotopic (exact) mass is 358 g/mol. The summed E-state index contributed by atoms with van der Waals surface area (Å²) in [5.74, 6) is -0.163. The molecule has 3 aromatic rings. The number of benzene rings is 1. The van der Waals surface area contributed by atoms with Gasteiger partial charge in [-0.25, -0.2) is 9.67 Å². The van der Waals surface area contributed by atoms with Crippen LogP contribution in [0.3, 0.4) is 0 Å². The van der Waals surface area contributed by atoms with Crippen LogP contribution in [0, 0.1) is 12.8 Å². The molecular formula is C17H19ClN6O. The minimum absolute atomic E-state index is 0.166. The van der Waals surface area contributed by atoms with E-state index in [9.17, 15) is 4.79 Å². The molecule has 3 rings (SSSR count).